The number of halogens is 4. The fourth-order valence-electron chi connectivity index (χ4n) is 3.22. The van der Waals surface area contributed by atoms with Crippen molar-refractivity contribution < 1.29 is 31.9 Å². The number of carbonyl (C=O) groups is 3. The molecule has 0 aromatic heterocycles. The summed E-state index contributed by atoms with van der Waals surface area (Å²) in [5, 5.41) is 2.10. The summed E-state index contributed by atoms with van der Waals surface area (Å²) in [5.74, 6) is -4.75. The summed E-state index contributed by atoms with van der Waals surface area (Å²) >= 11 is 0. The lowest BCUT2D eigenvalue weighted by atomic mass is 9.93. The first kappa shape index (κ1) is 17.4. The minimum atomic E-state index is -4.59. The van der Waals surface area contributed by atoms with Gasteiger partial charge in [0.2, 0.25) is 11.8 Å². The maximum Gasteiger partial charge on any atom is 0.395 e. The van der Waals surface area contributed by atoms with Gasteiger partial charge in [-0.15, -0.1) is 0 Å². The van der Waals surface area contributed by atoms with Gasteiger partial charge in [-0.05, 0) is 36.6 Å². The van der Waals surface area contributed by atoms with Gasteiger partial charge in [0.15, 0.2) is 0 Å². The third kappa shape index (κ3) is 2.98. The van der Waals surface area contributed by atoms with Crippen molar-refractivity contribution >= 4 is 17.7 Å². The van der Waals surface area contributed by atoms with E-state index in [1.54, 1.807) is 0 Å². The second-order valence-electron chi connectivity index (χ2n) is 6.18. The number of fused-ring (bicyclic) bond motifs is 1. The molecule has 9 heteroatoms. The van der Waals surface area contributed by atoms with Gasteiger partial charge in [0.25, 0.3) is 5.91 Å². The highest BCUT2D eigenvalue weighted by Crippen LogP contribution is 2.40. The third-order valence-corrected chi connectivity index (χ3v) is 4.61. The standard InChI is InChI=1S/C16H14F4N2O3/c1-7(16(18,19)20)9-4-8(17)5-10-11(9)6-22(15(10)25)12-2-3-13(23)21-14(12)24/h4-5,7,12H,2-3,6H2,1H3,(H,21,23,24)/t7-,12?/m0/s1. The van der Waals surface area contributed by atoms with Crippen LogP contribution in [0.4, 0.5) is 17.6 Å². The Morgan fingerprint density at radius 1 is 1.24 bits per heavy atom. The van der Waals surface area contributed by atoms with Gasteiger partial charge in [0.05, 0.1) is 5.92 Å². The van der Waals surface area contributed by atoms with Crippen molar-refractivity contribution in [1.82, 2.24) is 10.2 Å². The van der Waals surface area contributed by atoms with Crippen molar-refractivity contribution in [1.29, 1.82) is 0 Å². The number of hydrogen-bond donors (Lipinski definition) is 1. The van der Waals surface area contributed by atoms with Crippen molar-refractivity contribution in [3.05, 3.63) is 34.6 Å². The molecule has 2 aliphatic rings. The number of benzene rings is 1. The van der Waals surface area contributed by atoms with E-state index in [1.165, 1.54) is 0 Å². The lowest BCUT2D eigenvalue weighted by Gasteiger charge is -2.29. The Morgan fingerprint density at radius 2 is 1.92 bits per heavy atom. The van der Waals surface area contributed by atoms with Gasteiger partial charge >= 0.3 is 6.18 Å². The summed E-state index contributed by atoms with van der Waals surface area (Å²) < 4.78 is 53.0. The Labute approximate surface area is 140 Å². The minimum Gasteiger partial charge on any atom is -0.322 e. The maximum absolute atomic E-state index is 13.8. The lowest BCUT2D eigenvalue weighted by molar-refractivity contribution is -0.146. The van der Waals surface area contributed by atoms with E-state index in [0.717, 1.165) is 24.0 Å². The van der Waals surface area contributed by atoms with E-state index in [0.29, 0.717) is 0 Å². The smallest absolute Gasteiger partial charge is 0.322 e. The molecule has 2 heterocycles. The summed E-state index contributed by atoms with van der Waals surface area (Å²) in [7, 11) is 0. The molecule has 3 amide bonds. The molecule has 1 N–H and O–H groups in total. The van der Waals surface area contributed by atoms with Gasteiger partial charge in [-0.25, -0.2) is 4.39 Å². The fourth-order valence-corrected chi connectivity index (χ4v) is 3.22. The van der Waals surface area contributed by atoms with Crippen LogP contribution in [0, 0.1) is 5.82 Å². The Bertz CT molecular complexity index is 775. The van der Waals surface area contributed by atoms with Gasteiger partial charge in [-0.3, -0.25) is 19.7 Å². The predicted molar refractivity (Wildman–Crippen MR) is 76.9 cm³/mol. The van der Waals surface area contributed by atoms with E-state index >= 15 is 0 Å². The molecule has 0 saturated carbocycles. The highest BCUT2D eigenvalue weighted by atomic mass is 19.4. The van der Waals surface area contributed by atoms with E-state index in [-0.39, 0.29) is 36.1 Å². The highest BCUT2D eigenvalue weighted by Gasteiger charge is 2.44. The molecular weight excluding hydrogens is 344 g/mol. The van der Waals surface area contributed by atoms with Crippen molar-refractivity contribution in [2.24, 2.45) is 0 Å². The molecule has 3 rings (SSSR count). The molecule has 1 saturated heterocycles. The largest absolute Gasteiger partial charge is 0.395 e. The van der Waals surface area contributed by atoms with E-state index in [1.807, 2.05) is 0 Å². The Hall–Kier alpha value is -2.45. The molecule has 1 unspecified atom stereocenters. The molecule has 2 atom stereocenters. The van der Waals surface area contributed by atoms with Crippen LogP contribution in [-0.4, -0.2) is 34.8 Å². The zero-order valence-electron chi connectivity index (χ0n) is 13.1. The number of alkyl halides is 3. The summed E-state index contributed by atoms with van der Waals surface area (Å²) in [6.07, 6.45) is -4.49. The van der Waals surface area contributed by atoms with Crippen LogP contribution in [0.2, 0.25) is 0 Å². The Kier molecular flexibility index (Phi) is 4.04. The second-order valence-corrected chi connectivity index (χ2v) is 6.18. The molecule has 1 fully saturated rings. The molecule has 25 heavy (non-hydrogen) atoms. The van der Waals surface area contributed by atoms with Crippen LogP contribution in [-0.2, 0) is 16.1 Å². The Balaban J connectivity index is 1.98. The first-order valence-electron chi connectivity index (χ1n) is 7.63. The zero-order valence-corrected chi connectivity index (χ0v) is 13.1. The van der Waals surface area contributed by atoms with Crippen LogP contribution in [0.3, 0.4) is 0 Å². The number of amides is 3. The highest BCUT2D eigenvalue weighted by molar-refractivity contribution is 6.05. The lowest BCUT2D eigenvalue weighted by Crippen LogP contribution is -2.52. The van der Waals surface area contributed by atoms with E-state index in [2.05, 4.69) is 5.32 Å². The van der Waals surface area contributed by atoms with Crippen LogP contribution in [0.1, 0.15) is 47.2 Å². The predicted octanol–water partition coefficient (Wildman–Crippen LogP) is 2.25. The molecule has 134 valence electrons. The van der Waals surface area contributed by atoms with Crippen LogP contribution in [0.5, 0.6) is 0 Å². The van der Waals surface area contributed by atoms with Crippen molar-refractivity contribution in [3.63, 3.8) is 0 Å². The van der Waals surface area contributed by atoms with Crippen LogP contribution >= 0.6 is 0 Å². The molecule has 0 bridgehead atoms. The molecule has 0 spiro atoms. The Morgan fingerprint density at radius 3 is 2.52 bits per heavy atom. The third-order valence-electron chi connectivity index (χ3n) is 4.61. The van der Waals surface area contributed by atoms with Crippen LogP contribution in [0.15, 0.2) is 12.1 Å². The molecule has 1 aromatic carbocycles. The number of piperidine rings is 1. The van der Waals surface area contributed by atoms with Gasteiger partial charge in [0.1, 0.15) is 11.9 Å². The first-order chi connectivity index (χ1) is 11.6. The number of nitrogens with one attached hydrogen (secondary N) is 1. The number of nitrogens with zero attached hydrogens (tertiary/aromatic N) is 1. The average molecular weight is 358 g/mol. The van der Waals surface area contributed by atoms with Crippen molar-refractivity contribution in [3.8, 4) is 0 Å². The number of rotatable bonds is 2. The molecule has 2 aliphatic heterocycles. The molecular formula is C16H14F4N2O3. The van der Waals surface area contributed by atoms with Gasteiger partial charge in [-0.1, -0.05) is 0 Å². The van der Waals surface area contributed by atoms with Gasteiger partial charge in [-0.2, -0.15) is 13.2 Å². The summed E-state index contributed by atoms with van der Waals surface area (Å²) in [6.45, 7) is 0.671. The second kappa shape index (κ2) is 5.82. The number of hydrogen-bond acceptors (Lipinski definition) is 3. The number of carbonyl (C=O) groups excluding carboxylic acids is 3. The summed E-state index contributed by atoms with van der Waals surface area (Å²) in [4.78, 5) is 36.8. The molecule has 0 aliphatic carbocycles. The SMILES string of the molecule is C[C@@H](c1cc(F)cc2c1CN(C1CCC(=O)NC1=O)C2=O)C(F)(F)F. The normalized spacial score (nSPS) is 22.0. The fraction of sp³-hybridized carbons (Fsp3) is 0.438. The topological polar surface area (TPSA) is 66.5 Å². The monoisotopic (exact) mass is 358 g/mol. The van der Waals surface area contributed by atoms with Crippen LogP contribution < -0.4 is 5.32 Å². The summed E-state index contributed by atoms with van der Waals surface area (Å²) in [5.41, 5.74) is -0.414. The maximum atomic E-state index is 13.8. The van der Waals surface area contributed by atoms with E-state index in [9.17, 15) is 31.9 Å². The molecule has 1 aromatic rings. The molecule has 0 radical (unpaired) electrons. The first-order valence-corrected chi connectivity index (χ1v) is 7.63. The zero-order chi connectivity index (χ0) is 18.5. The van der Waals surface area contributed by atoms with Crippen LogP contribution in [0.25, 0.3) is 0 Å². The minimum absolute atomic E-state index is 0.0245. The average Bonchev–Trinajstić information content (AvgIpc) is 2.82. The summed E-state index contributed by atoms with van der Waals surface area (Å²) in [6, 6.07) is 0.698. The number of imide groups is 1. The van der Waals surface area contributed by atoms with E-state index in [4.69, 9.17) is 0 Å². The quantitative estimate of drug-likeness (QED) is 0.651. The van der Waals surface area contributed by atoms with Gasteiger partial charge < -0.3 is 4.90 Å². The van der Waals surface area contributed by atoms with Gasteiger partial charge in [0, 0.05) is 18.5 Å². The molecule has 5 nitrogen and oxygen atoms in total. The van der Waals surface area contributed by atoms with Crippen molar-refractivity contribution in [2.75, 3.05) is 0 Å². The van der Waals surface area contributed by atoms with Crippen molar-refractivity contribution in [2.45, 2.75) is 44.4 Å². The van der Waals surface area contributed by atoms with E-state index < -0.39 is 41.7 Å².